The number of nitrogens with one attached hydrogen (secondary N) is 5. The highest BCUT2D eigenvalue weighted by Crippen LogP contribution is 2.36. The molecule has 0 aromatic carbocycles. The smallest absolute Gasteiger partial charge is 0.457 e. The molecule has 3 aliphatic rings. The SMILES string of the molecule is CCC[C@H](C)C(=O)N[C@@H]1C[C@@H](NC(=O)OC(C)(C)C)C(O[C@H]2O[C@H](CNC(=O)OC(C)(C)C)CCC2NC(=O)OC(C)(C)C)C(O)[C@H]1O[C@H]1OC(CC)[C@@H](OC(C)=O)[C@H](NC(=O)C(F)(F)F)C1OC(C)=O. The largest absolute Gasteiger partial charge is 0.471 e. The van der Waals surface area contributed by atoms with Gasteiger partial charge in [-0.05, 0) is 94.4 Å². The second-order valence-corrected chi connectivity index (χ2v) is 20.9. The number of aliphatic hydroxyl groups excluding tert-OH is 1. The van der Waals surface area contributed by atoms with Crippen molar-refractivity contribution in [3.63, 3.8) is 0 Å². The van der Waals surface area contributed by atoms with Gasteiger partial charge in [0, 0.05) is 26.3 Å². The van der Waals surface area contributed by atoms with Crippen LogP contribution in [0.5, 0.6) is 0 Å². The Morgan fingerprint density at radius 1 is 0.648 bits per heavy atom. The third kappa shape index (κ3) is 19.7. The number of carbonyl (C=O) groups excluding carboxylic acids is 7. The lowest BCUT2D eigenvalue weighted by molar-refractivity contribution is -0.316. The second-order valence-electron chi connectivity index (χ2n) is 20.9. The molecule has 3 rings (SSSR count). The molecule has 0 aromatic heterocycles. The molecule has 6 N–H and O–H groups in total. The predicted molar refractivity (Wildman–Crippen MR) is 243 cm³/mol. The summed E-state index contributed by atoms with van der Waals surface area (Å²) in [5.41, 5.74) is -2.80. The van der Waals surface area contributed by atoms with Crippen LogP contribution in [0, 0.1) is 5.92 Å². The second kappa shape index (κ2) is 25.3. The molecule has 2 heterocycles. The van der Waals surface area contributed by atoms with E-state index in [4.69, 9.17) is 42.6 Å². The first-order valence-electron chi connectivity index (χ1n) is 23.9. The highest BCUT2D eigenvalue weighted by Gasteiger charge is 2.56. The van der Waals surface area contributed by atoms with E-state index in [0.717, 1.165) is 13.8 Å². The highest BCUT2D eigenvalue weighted by atomic mass is 19.4. The average Bonchev–Trinajstić information content (AvgIpc) is 3.19. The van der Waals surface area contributed by atoms with Gasteiger partial charge in [-0.15, -0.1) is 0 Å². The lowest BCUT2D eigenvalue weighted by atomic mass is 9.82. The monoisotopic (exact) mass is 1030 g/mol. The Morgan fingerprint density at radius 2 is 1.14 bits per heavy atom. The molecule has 5 amide bonds. The van der Waals surface area contributed by atoms with E-state index >= 15 is 0 Å². The molecule has 5 unspecified atom stereocenters. The number of carbonyl (C=O) groups is 7. The van der Waals surface area contributed by atoms with Crippen molar-refractivity contribution in [3.8, 4) is 0 Å². The van der Waals surface area contributed by atoms with Crippen LogP contribution in [0.3, 0.4) is 0 Å². The third-order valence-electron chi connectivity index (χ3n) is 11.0. The topological polar surface area (TPSA) is 283 Å². The Kier molecular flexibility index (Phi) is 21.6. The fraction of sp³-hybridized carbons (Fsp3) is 0.848. The summed E-state index contributed by atoms with van der Waals surface area (Å²) in [5.74, 6) is -5.68. The first-order chi connectivity index (χ1) is 32.6. The molecular formula is C46H76F3N5O17. The van der Waals surface area contributed by atoms with E-state index in [0.29, 0.717) is 12.8 Å². The number of hydrogen-bond acceptors (Lipinski definition) is 17. The molecule has 3 fully saturated rings. The molecule has 408 valence electrons. The van der Waals surface area contributed by atoms with Crippen molar-refractivity contribution in [2.24, 2.45) is 5.92 Å². The zero-order valence-electron chi connectivity index (χ0n) is 43.1. The first-order valence-corrected chi connectivity index (χ1v) is 23.9. The van der Waals surface area contributed by atoms with Crippen LogP contribution in [0.4, 0.5) is 27.6 Å². The third-order valence-corrected chi connectivity index (χ3v) is 11.0. The molecule has 1 aliphatic carbocycles. The standard InChI is InChI=1S/C46H76F3N5O17/c1-15-17-22(3)36(58)51-27-20-28(53-42(62)71-45(12,13)14)33(67-37-26(52-41(61)70-44(9,10)11)19-18-25(65-37)21-50-40(60)69-43(6,7)8)31(57)32(27)68-38-35(64-24(5)56)30(54-39(59)46(47,48)49)34(63-23(4)55)29(16-2)66-38/h22,25-35,37-38,57H,15-21H2,1-14H3,(H,50,60)(H,51,58)(H,52,61)(H,53,62)(H,54,59)/t22-,25-,26?,27+,28+,29?,30-,31?,32-,33?,34+,35?,37+,38+/m0/s1. The number of esters is 2. The molecule has 2 aliphatic heterocycles. The van der Waals surface area contributed by atoms with Crippen LogP contribution in [0.15, 0.2) is 0 Å². The van der Waals surface area contributed by atoms with E-state index in [1.807, 2.05) is 6.92 Å². The fourth-order valence-corrected chi connectivity index (χ4v) is 8.15. The number of amides is 5. The van der Waals surface area contributed by atoms with Crippen LogP contribution in [0.2, 0.25) is 0 Å². The van der Waals surface area contributed by atoms with Gasteiger partial charge in [0.2, 0.25) is 5.91 Å². The Hall–Kier alpha value is -4.72. The minimum Gasteiger partial charge on any atom is -0.457 e. The maximum atomic E-state index is 13.9. The van der Waals surface area contributed by atoms with E-state index in [1.54, 1.807) is 74.6 Å². The minimum atomic E-state index is -5.47. The van der Waals surface area contributed by atoms with Crippen molar-refractivity contribution in [1.82, 2.24) is 26.6 Å². The Labute approximate surface area is 412 Å². The van der Waals surface area contributed by atoms with Crippen molar-refractivity contribution in [2.45, 2.75) is 238 Å². The van der Waals surface area contributed by atoms with Crippen molar-refractivity contribution < 1.29 is 94.5 Å². The number of ether oxygens (including phenoxy) is 9. The van der Waals surface area contributed by atoms with Crippen molar-refractivity contribution in [2.75, 3.05) is 6.54 Å². The van der Waals surface area contributed by atoms with Gasteiger partial charge in [0.25, 0.3) is 0 Å². The molecule has 0 bridgehead atoms. The van der Waals surface area contributed by atoms with Gasteiger partial charge >= 0.3 is 42.3 Å². The van der Waals surface area contributed by atoms with Crippen LogP contribution in [0.1, 0.15) is 135 Å². The number of rotatable bonds is 16. The quantitative estimate of drug-likeness (QED) is 0.0928. The van der Waals surface area contributed by atoms with Gasteiger partial charge in [-0.25, -0.2) is 14.4 Å². The van der Waals surface area contributed by atoms with Crippen LogP contribution in [0.25, 0.3) is 0 Å². The zero-order valence-corrected chi connectivity index (χ0v) is 43.1. The van der Waals surface area contributed by atoms with Gasteiger partial charge in [-0.3, -0.25) is 19.2 Å². The number of halogens is 3. The van der Waals surface area contributed by atoms with Crippen molar-refractivity contribution in [1.29, 1.82) is 0 Å². The lowest BCUT2D eigenvalue weighted by Gasteiger charge is -2.50. The van der Waals surface area contributed by atoms with Gasteiger partial charge in [-0.1, -0.05) is 27.2 Å². The molecule has 14 atom stereocenters. The number of alkyl carbamates (subject to hydrolysis) is 3. The minimum absolute atomic E-state index is 0.0759. The Balaban J connectivity index is 2.24. The zero-order chi connectivity index (χ0) is 54.0. The van der Waals surface area contributed by atoms with Gasteiger partial charge in [0.1, 0.15) is 41.2 Å². The van der Waals surface area contributed by atoms with Gasteiger partial charge in [0.15, 0.2) is 24.8 Å². The van der Waals surface area contributed by atoms with Gasteiger partial charge in [0.05, 0.1) is 30.3 Å². The van der Waals surface area contributed by atoms with Crippen molar-refractivity contribution in [3.05, 3.63) is 0 Å². The molecule has 0 radical (unpaired) electrons. The average molecular weight is 1030 g/mol. The molecule has 0 spiro atoms. The molecule has 71 heavy (non-hydrogen) atoms. The fourth-order valence-electron chi connectivity index (χ4n) is 8.15. The molecule has 25 heteroatoms. The summed E-state index contributed by atoms with van der Waals surface area (Å²) < 4.78 is 94.6. The summed E-state index contributed by atoms with van der Waals surface area (Å²) in [4.78, 5) is 90.9. The van der Waals surface area contributed by atoms with Gasteiger partial charge in [-0.2, -0.15) is 13.2 Å². The van der Waals surface area contributed by atoms with E-state index in [1.165, 1.54) is 6.92 Å². The summed E-state index contributed by atoms with van der Waals surface area (Å²) >= 11 is 0. The Morgan fingerprint density at radius 3 is 1.63 bits per heavy atom. The summed E-state index contributed by atoms with van der Waals surface area (Å²) in [5, 5.41) is 25.4. The number of hydrogen-bond donors (Lipinski definition) is 6. The lowest BCUT2D eigenvalue weighted by Crippen LogP contribution is -2.71. The molecule has 2 saturated heterocycles. The van der Waals surface area contributed by atoms with E-state index < -0.39 is 150 Å². The van der Waals surface area contributed by atoms with Crippen LogP contribution in [-0.2, 0) is 61.8 Å². The molecule has 1 saturated carbocycles. The maximum Gasteiger partial charge on any atom is 0.471 e. The number of alkyl halides is 3. The number of aliphatic hydroxyl groups is 1. The molecular weight excluding hydrogens is 952 g/mol. The highest BCUT2D eigenvalue weighted by molar-refractivity contribution is 5.82. The summed E-state index contributed by atoms with van der Waals surface area (Å²) in [6, 6.07) is -5.57. The van der Waals surface area contributed by atoms with Gasteiger partial charge < -0.3 is 74.3 Å². The molecule has 0 aromatic rings. The van der Waals surface area contributed by atoms with Crippen LogP contribution in [-0.4, -0.2) is 156 Å². The first kappa shape index (κ1) is 60.6. The summed E-state index contributed by atoms with van der Waals surface area (Å²) in [7, 11) is 0. The van der Waals surface area contributed by atoms with E-state index in [-0.39, 0.29) is 32.2 Å². The van der Waals surface area contributed by atoms with E-state index in [9.17, 15) is 51.8 Å². The van der Waals surface area contributed by atoms with Crippen LogP contribution < -0.4 is 26.6 Å². The summed E-state index contributed by atoms with van der Waals surface area (Å²) in [6.45, 7) is 21.6. The van der Waals surface area contributed by atoms with Crippen molar-refractivity contribution >= 4 is 42.0 Å². The maximum absolute atomic E-state index is 13.9. The van der Waals surface area contributed by atoms with E-state index in [2.05, 4.69) is 21.3 Å². The molecule has 22 nitrogen and oxygen atoms in total. The summed E-state index contributed by atoms with van der Waals surface area (Å²) in [6.07, 6.45) is -21.6. The normalized spacial score (nSPS) is 29.8. The Bertz CT molecular complexity index is 1840. The predicted octanol–water partition coefficient (Wildman–Crippen LogP) is 4.30. The van der Waals surface area contributed by atoms with Crippen LogP contribution >= 0.6 is 0 Å².